The second-order valence-corrected chi connectivity index (χ2v) is 6.68. The average molecular weight is 357 g/mol. The highest BCUT2D eigenvalue weighted by Crippen LogP contribution is 2.33. The normalized spacial score (nSPS) is 15.3. The number of nitrogens with zero attached hydrogens (tertiary/aromatic N) is 2. The summed E-state index contributed by atoms with van der Waals surface area (Å²) in [5, 5.41) is 2.87. The van der Waals surface area contributed by atoms with Crippen molar-refractivity contribution in [3.8, 4) is 17.4 Å². The molecule has 1 aliphatic heterocycles. The van der Waals surface area contributed by atoms with Crippen LogP contribution in [0.15, 0.2) is 36.5 Å². The number of fused-ring (bicyclic) bond motifs is 1. The van der Waals surface area contributed by atoms with Crippen LogP contribution in [0, 0.1) is 0 Å². The minimum atomic E-state index is -0.548. The number of hydrogen-bond donors (Lipinski definition) is 1. The Morgan fingerprint density at radius 1 is 1.27 bits per heavy atom. The van der Waals surface area contributed by atoms with Crippen LogP contribution in [0.4, 0.5) is 10.5 Å². The molecular weight excluding hydrogens is 334 g/mol. The van der Waals surface area contributed by atoms with Gasteiger partial charge in [-0.2, -0.15) is 0 Å². The van der Waals surface area contributed by atoms with E-state index in [-0.39, 0.29) is 6.03 Å². The Labute approximate surface area is 152 Å². The second-order valence-electron chi connectivity index (χ2n) is 6.68. The van der Waals surface area contributed by atoms with Gasteiger partial charge in [0.1, 0.15) is 22.8 Å². The van der Waals surface area contributed by atoms with Crippen LogP contribution in [0.2, 0.25) is 0 Å². The van der Waals surface area contributed by atoms with Gasteiger partial charge in [-0.15, -0.1) is 0 Å². The van der Waals surface area contributed by atoms with Crippen LogP contribution in [-0.4, -0.2) is 42.3 Å². The highest BCUT2D eigenvalue weighted by molar-refractivity contribution is 5.90. The topological polar surface area (TPSA) is 72.9 Å². The molecule has 0 bridgehead atoms. The molecule has 2 amide bonds. The molecule has 0 unspecified atom stereocenters. The first-order valence-electron chi connectivity index (χ1n) is 8.33. The van der Waals surface area contributed by atoms with Gasteiger partial charge in [0.05, 0.1) is 27.3 Å². The average Bonchev–Trinajstić information content (AvgIpc) is 2.75. The number of methoxy groups -OCH3 is 2. The lowest BCUT2D eigenvalue weighted by Gasteiger charge is -2.29. The fourth-order valence-electron chi connectivity index (χ4n) is 2.93. The first-order chi connectivity index (χ1) is 12.4. The van der Waals surface area contributed by atoms with Crippen LogP contribution >= 0.6 is 0 Å². The second kappa shape index (κ2) is 7.11. The zero-order valence-corrected chi connectivity index (χ0v) is 15.4. The van der Waals surface area contributed by atoms with E-state index in [0.29, 0.717) is 24.7 Å². The number of rotatable bonds is 3. The van der Waals surface area contributed by atoms with Crippen molar-refractivity contribution >= 4 is 11.7 Å². The smallest absolute Gasteiger partial charge is 0.322 e. The quantitative estimate of drug-likeness (QED) is 0.912. The Morgan fingerprint density at radius 2 is 2.08 bits per heavy atom. The molecular formula is C19H23N3O4. The summed E-state index contributed by atoms with van der Waals surface area (Å²) in [4.78, 5) is 18.7. The zero-order valence-electron chi connectivity index (χ0n) is 15.4. The van der Waals surface area contributed by atoms with E-state index in [1.165, 1.54) is 7.11 Å². The maximum Gasteiger partial charge on any atom is 0.322 e. The molecule has 0 saturated carbocycles. The van der Waals surface area contributed by atoms with Crippen molar-refractivity contribution in [1.29, 1.82) is 0 Å². The van der Waals surface area contributed by atoms with Gasteiger partial charge in [0.2, 0.25) is 5.88 Å². The largest absolute Gasteiger partial charge is 0.497 e. The molecule has 1 aromatic carbocycles. The fraction of sp³-hybridized carbons (Fsp3) is 0.368. The van der Waals surface area contributed by atoms with Crippen LogP contribution in [-0.2, 0) is 6.54 Å². The van der Waals surface area contributed by atoms with Gasteiger partial charge < -0.3 is 24.4 Å². The SMILES string of the molecule is COc1ccc2c(c1)OC(C)(C)CN(C(=O)Nc1cccnc1OC)C2. The maximum absolute atomic E-state index is 12.9. The predicted molar refractivity (Wildman–Crippen MR) is 97.9 cm³/mol. The van der Waals surface area contributed by atoms with E-state index in [4.69, 9.17) is 14.2 Å². The third-order valence-electron chi connectivity index (χ3n) is 4.09. The summed E-state index contributed by atoms with van der Waals surface area (Å²) in [6.45, 7) is 4.76. The standard InChI is InChI=1S/C19H23N3O4/c1-19(2)12-22(11-13-7-8-14(24-3)10-16(13)26-19)18(23)21-15-6-5-9-20-17(15)25-4/h5-10H,11-12H2,1-4H3,(H,21,23). The number of nitrogens with one attached hydrogen (secondary N) is 1. The Morgan fingerprint density at radius 3 is 2.81 bits per heavy atom. The number of pyridine rings is 1. The Hall–Kier alpha value is -2.96. The number of aromatic nitrogens is 1. The monoisotopic (exact) mass is 357 g/mol. The molecule has 0 fully saturated rings. The van der Waals surface area contributed by atoms with Gasteiger partial charge in [-0.1, -0.05) is 0 Å². The molecule has 2 heterocycles. The molecule has 7 nitrogen and oxygen atoms in total. The molecule has 0 saturated heterocycles. The number of benzene rings is 1. The van der Waals surface area contributed by atoms with Crippen LogP contribution in [0.25, 0.3) is 0 Å². The molecule has 0 atom stereocenters. The summed E-state index contributed by atoms with van der Waals surface area (Å²) in [5.41, 5.74) is 0.899. The molecule has 0 spiro atoms. The van der Waals surface area contributed by atoms with Gasteiger partial charge in [0, 0.05) is 17.8 Å². The molecule has 138 valence electrons. The van der Waals surface area contributed by atoms with E-state index in [1.807, 2.05) is 32.0 Å². The lowest BCUT2D eigenvalue weighted by molar-refractivity contribution is 0.0833. The van der Waals surface area contributed by atoms with Crippen molar-refractivity contribution in [2.24, 2.45) is 0 Å². The third kappa shape index (κ3) is 3.82. The molecule has 2 aromatic rings. The number of anilines is 1. The third-order valence-corrected chi connectivity index (χ3v) is 4.09. The lowest BCUT2D eigenvalue weighted by atomic mass is 10.1. The Balaban J connectivity index is 1.85. The van der Waals surface area contributed by atoms with Gasteiger partial charge in [-0.25, -0.2) is 9.78 Å². The fourth-order valence-corrected chi connectivity index (χ4v) is 2.93. The highest BCUT2D eigenvalue weighted by Gasteiger charge is 2.32. The first-order valence-corrected chi connectivity index (χ1v) is 8.33. The summed E-state index contributed by atoms with van der Waals surface area (Å²) in [6, 6.07) is 8.89. The van der Waals surface area contributed by atoms with Crippen LogP contribution in [0.1, 0.15) is 19.4 Å². The number of carbonyl (C=O) groups excluding carboxylic acids is 1. The minimum Gasteiger partial charge on any atom is -0.497 e. The van der Waals surface area contributed by atoms with Crippen LogP contribution < -0.4 is 19.5 Å². The molecule has 1 N–H and O–H groups in total. The van der Waals surface area contributed by atoms with Gasteiger partial charge in [-0.3, -0.25) is 0 Å². The molecule has 0 radical (unpaired) electrons. The molecule has 7 heteroatoms. The van der Waals surface area contributed by atoms with Gasteiger partial charge >= 0.3 is 6.03 Å². The molecule has 0 aliphatic carbocycles. The summed E-state index contributed by atoms with van der Waals surface area (Å²) in [7, 11) is 3.13. The van der Waals surface area contributed by atoms with Crippen molar-refractivity contribution in [2.75, 3.05) is 26.1 Å². The van der Waals surface area contributed by atoms with E-state index >= 15 is 0 Å². The summed E-state index contributed by atoms with van der Waals surface area (Å²) in [6.07, 6.45) is 1.61. The van der Waals surface area contributed by atoms with Gasteiger partial charge in [0.15, 0.2) is 0 Å². The van der Waals surface area contributed by atoms with E-state index in [2.05, 4.69) is 10.3 Å². The van der Waals surface area contributed by atoms with E-state index in [1.54, 1.807) is 30.3 Å². The van der Waals surface area contributed by atoms with E-state index in [0.717, 1.165) is 17.1 Å². The lowest BCUT2D eigenvalue weighted by Crippen LogP contribution is -2.44. The number of ether oxygens (including phenoxy) is 3. The molecule has 3 rings (SSSR count). The number of urea groups is 1. The summed E-state index contributed by atoms with van der Waals surface area (Å²) < 4.78 is 16.6. The Kier molecular flexibility index (Phi) is 4.88. The van der Waals surface area contributed by atoms with Crippen molar-refractivity contribution in [1.82, 2.24) is 9.88 Å². The molecule has 26 heavy (non-hydrogen) atoms. The van der Waals surface area contributed by atoms with E-state index < -0.39 is 5.60 Å². The first kappa shape index (κ1) is 17.8. The summed E-state index contributed by atoms with van der Waals surface area (Å²) >= 11 is 0. The van der Waals surface area contributed by atoms with Crippen LogP contribution in [0.5, 0.6) is 17.4 Å². The minimum absolute atomic E-state index is 0.239. The predicted octanol–water partition coefficient (Wildman–Crippen LogP) is 3.30. The van der Waals surface area contributed by atoms with E-state index in [9.17, 15) is 4.79 Å². The van der Waals surface area contributed by atoms with Crippen molar-refractivity contribution in [3.05, 3.63) is 42.1 Å². The van der Waals surface area contributed by atoms with Gasteiger partial charge in [-0.05, 0) is 38.1 Å². The number of amides is 2. The summed E-state index contributed by atoms with van der Waals surface area (Å²) in [5.74, 6) is 1.82. The number of hydrogen-bond acceptors (Lipinski definition) is 5. The van der Waals surface area contributed by atoms with Crippen molar-refractivity contribution < 1.29 is 19.0 Å². The van der Waals surface area contributed by atoms with Gasteiger partial charge in [0.25, 0.3) is 0 Å². The molecule has 1 aromatic heterocycles. The molecule has 1 aliphatic rings. The highest BCUT2D eigenvalue weighted by atomic mass is 16.5. The van der Waals surface area contributed by atoms with Crippen LogP contribution in [0.3, 0.4) is 0 Å². The maximum atomic E-state index is 12.9. The Bertz CT molecular complexity index is 807. The van der Waals surface area contributed by atoms with Crippen molar-refractivity contribution in [2.45, 2.75) is 26.0 Å². The van der Waals surface area contributed by atoms with Crippen molar-refractivity contribution in [3.63, 3.8) is 0 Å². The number of carbonyl (C=O) groups is 1. The zero-order chi connectivity index (χ0) is 18.7.